The van der Waals surface area contributed by atoms with Crippen LogP contribution in [0.3, 0.4) is 0 Å². The molecule has 1 saturated heterocycles. The minimum atomic E-state index is -0.108. The Morgan fingerprint density at radius 2 is 2.24 bits per heavy atom. The van der Waals surface area contributed by atoms with Crippen LogP contribution < -0.4 is 0 Å². The summed E-state index contributed by atoms with van der Waals surface area (Å²) in [6.45, 7) is 2.68. The molecule has 132 valence electrons. The molecule has 0 radical (unpaired) electrons. The normalized spacial score (nSPS) is 20.2. The smallest absolute Gasteiger partial charge is 0.274 e. The molecule has 4 rings (SSSR count). The van der Waals surface area contributed by atoms with Crippen LogP contribution in [0.25, 0.3) is 0 Å². The van der Waals surface area contributed by atoms with Crippen molar-refractivity contribution in [3.63, 3.8) is 0 Å². The quantitative estimate of drug-likeness (QED) is 0.702. The molecule has 1 saturated carbocycles. The Morgan fingerprint density at radius 1 is 1.32 bits per heavy atom. The van der Waals surface area contributed by atoms with Gasteiger partial charge < -0.3 is 14.2 Å². The van der Waals surface area contributed by atoms with Crippen LogP contribution in [0.15, 0.2) is 23.1 Å². The molecule has 8 nitrogen and oxygen atoms in total. The van der Waals surface area contributed by atoms with Gasteiger partial charge in [0.05, 0.1) is 18.7 Å². The molecule has 0 N–H and O–H groups in total. The van der Waals surface area contributed by atoms with Crippen molar-refractivity contribution in [2.75, 3.05) is 26.3 Å². The van der Waals surface area contributed by atoms with E-state index in [2.05, 4.69) is 20.1 Å². The van der Waals surface area contributed by atoms with Gasteiger partial charge in [0, 0.05) is 38.5 Å². The van der Waals surface area contributed by atoms with E-state index in [0.29, 0.717) is 43.5 Å². The highest BCUT2D eigenvalue weighted by Crippen LogP contribution is 2.29. The van der Waals surface area contributed by atoms with Crippen LogP contribution in [-0.4, -0.2) is 57.2 Å². The molecule has 2 aliphatic rings. The summed E-state index contributed by atoms with van der Waals surface area (Å²) in [6.07, 6.45) is 8.61. The molecular formula is C17H21N5O3. The summed E-state index contributed by atoms with van der Waals surface area (Å²) in [5.41, 5.74) is 0.363. The number of ether oxygens (including phenoxy) is 1. The maximum absolute atomic E-state index is 12.4. The summed E-state index contributed by atoms with van der Waals surface area (Å²) in [4.78, 5) is 26.6. The zero-order valence-corrected chi connectivity index (χ0v) is 14.0. The van der Waals surface area contributed by atoms with E-state index in [9.17, 15) is 4.79 Å². The Bertz CT molecular complexity index is 716. The van der Waals surface area contributed by atoms with Gasteiger partial charge >= 0.3 is 0 Å². The Balaban J connectivity index is 1.28. The molecule has 0 spiro atoms. The van der Waals surface area contributed by atoms with Gasteiger partial charge in [-0.05, 0) is 25.2 Å². The molecule has 0 aromatic carbocycles. The van der Waals surface area contributed by atoms with Crippen molar-refractivity contribution in [3.8, 4) is 0 Å². The third-order valence-electron chi connectivity index (χ3n) is 4.61. The first-order chi connectivity index (χ1) is 12.3. The largest absolute Gasteiger partial charge is 0.381 e. The number of likely N-dealkylation sites (tertiary alicyclic amines) is 1. The number of hydrogen-bond donors (Lipinski definition) is 0. The van der Waals surface area contributed by atoms with Crippen molar-refractivity contribution in [3.05, 3.63) is 36.0 Å². The van der Waals surface area contributed by atoms with Crippen molar-refractivity contribution < 1.29 is 14.1 Å². The van der Waals surface area contributed by atoms with E-state index in [1.165, 1.54) is 25.2 Å². The Hall–Kier alpha value is -2.35. The van der Waals surface area contributed by atoms with Crippen LogP contribution in [0, 0.1) is 5.92 Å². The second-order valence-corrected chi connectivity index (χ2v) is 6.64. The molecule has 1 amide bonds. The average Bonchev–Trinajstić information content (AvgIpc) is 3.15. The van der Waals surface area contributed by atoms with Gasteiger partial charge in [0.2, 0.25) is 5.89 Å². The van der Waals surface area contributed by atoms with E-state index in [1.807, 2.05) is 0 Å². The van der Waals surface area contributed by atoms with Gasteiger partial charge in [-0.25, -0.2) is 4.98 Å². The summed E-state index contributed by atoms with van der Waals surface area (Å²) in [5.74, 6) is 2.01. The third-order valence-corrected chi connectivity index (χ3v) is 4.61. The van der Waals surface area contributed by atoms with Crippen molar-refractivity contribution in [1.82, 2.24) is 25.0 Å². The number of hydrogen-bond acceptors (Lipinski definition) is 7. The fourth-order valence-corrected chi connectivity index (χ4v) is 2.95. The zero-order chi connectivity index (χ0) is 17.1. The molecular weight excluding hydrogens is 322 g/mol. The molecule has 3 heterocycles. The minimum absolute atomic E-state index is 0.0780. The monoisotopic (exact) mass is 343 g/mol. The van der Waals surface area contributed by atoms with Crippen LogP contribution in [-0.2, 0) is 11.2 Å². The van der Waals surface area contributed by atoms with Crippen LogP contribution >= 0.6 is 0 Å². The molecule has 1 unspecified atom stereocenters. The number of rotatable bonds is 7. The Kier molecular flexibility index (Phi) is 4.69. The highest BCUT2D eigenvalue weighted by molar-refractivity contribution is 5.92. The molecule has 1 aliphatic carbocycles. The molecule has 8 heteroatoms. The topological polar surface area (TPSA) is 94.2 Å². The van der Waals surface area contributed by atoms with E-state index < -0.39 is 0 Å². The van der Waals surface area contributed by atoms with Crippen molar-refractivity contribution in [2.24, 2.45) is 5.92 Å². The van der Waals surface area contributed by atoms with Gasteiger partial charge in [0.25, 0.3) is 5.91 Å². The van der Waals surface area contributed by atoms with Crippen LogP contribution in [0.4, 0.5) is 0 Å². The van der Waals surface area contributed by atoms with E-state index in [4.69, 9.17) is 9.26 Å². The summed E-state index contributed by atoms with van der Waals surface area (Å²) < 4.78 is 11.0. The lowest BCUT2D eigenvalue weighted by atomic mass is 10.1. The molecule has 2 aromatic rings. The predicted molar refractivity (Wildman–Crippen MR) is 86.8 cm³/mol. The molecule has 2 aromatic heterocycles. The first-order valence-corrected chi connectivity index (χ1v) is 8.75. The highest BCUT2D eigenvalue weighted by atomic mass is 16.5. The Morgan fingerprint density at radius 3 is 3.04 bits per heavy atom. The Labute approximate surface area is 145 Å². The average molecular weight is 343 g/mol. The lowest BCUT2D eigenvalue weighted by Gasteiger charge is -2.14. The fraction of sp³-hybridized carbons (Fsp3) is 0.588. The van der Waals surface area contributed by atoms with Gasteiger partial charge in [0.15, 0.2) is 5.82 Å². The van der Waals surface area contributed by atoms with E-state index in [-0.39, 0.29) is 11.8 Å². The van der Waals surface area contributed by atoms with Crippen molar-refractivity contribution in [1.29, 1.82) is 0 Å². The minimum Gasteiger partial charge on any atom is -0.381 e. The summed E-state index contributed by atoms with van der Waals surface area (Å²) in [7, 11) is 0. The first-order valence-electron chi connectivity index (χ1n) is 8.75. The second kappa shape index (κ2) is 7.26. The summed E-state index contributed by atoms with van der Waals surface area (Å²) >= 11 is 0. The summed E-state index contributed by atoms with van der Waals surface area (Å²) in [5, 5.41) is 4.03. The molecule has 25 heavy (non-hydrogen) atoms. The number of nitrogens with zero attached hydrogens (tertiary/aromatic N) is 5. The van der Waals surface area contributed by atoms with Gasteiger partial charge in [-0.1, -0.05) is 5.16 Å². The maximum Gasteiger partial charge on any atom is 0.274 e. The van der Waals surface area contributed by atoms with Crippen molar-refractivity contribution in [2.45, 2.75) is 31.6 Å². The van der Waals surface area contributed by atoms with E-state index in [1.54, 1.807) is 11.1 Å². The van der Waals surface area contributed by atoms with Gasteiger partial charge in [-0.3, -0.25) is 9.78 Å². The third kappa shape index (κ3) is 4.01. The summed E-state index contributed by atoms with van der Waals surface area (Å²) in [6, 6.07) is 0. The zero-order valence-electron chi connectivity index (χ0n) is 14.0. The van der Waals surface area contributed by atoms with Crippen LogP contribution in [0.5, 0.6) is 0 Å². The highest BCUT2D eigenvalue weighted by Gasteiger charge is 2.32. The molecule has 1 aliphatic heterocycles. The molecule has 1 atom stereocenters. The second-order valence-electron chi connectivity index (χ2n) is 6.64. The number of carbonyl (C=O) groups excluding carboxylic acids is 1. The SMILES string of the molecule is O=C(c1cnccn1)N1CCC(c2nc(CCOCC3CC3)no2)C1. The van der Waals surface area contributed by atoms with Crippen molar-refractivity contribution >= 4 is 5.91 Å². The lowest BCUT2D eigenvalue weighted by Crippen LogP contribution is -2.29. The van der Waals surface area contributed by atoms with Gasteiger partial charge in [-0.2, -0.15) is 4.98 Å². The number of carbonyl (C=O) groups is 1. The van der Waals surface area contributed by atoms with Gasteiger partial charge in [0.1, 0.15) is 5.69 Å². The number of amides is 1. The van der Waals surface area contributed by atoms with Crippen LogP contribution in [0.1, 0.15) is 47.4 Å². The molecule has 2 fully saturated rings. The molecule has 0 bridgehead atoms. The van der Waals surface area contributed by atoms with Crippen LogP contribution in [0.2, 0.25) is 0 Å². The first kappa shape index (κ1) is 16.1. The van der Waals surface area contributed by atoms with Gasteiger partial charge in [-0.15, -0.1) is 0 Å². The van der Waals surface area contributed by atoms with E-state index >= 15 is 0 Å². The lowest BCUT2D eigenvalue weighted by molar-refractivity contribution is 0.0783. The number of aromatic nitrogens is 4. The maximum atomic E-state index is 12.4. The standard InChI is InChI=1S/C17H21N5O3/c23-17(14-9-18-5-6-19-14)22-7-3-13(10-22)16-20-15(21-25-16)4-8-24-11-12-1-2-12/h5-6,9,12-13H,1-4,7-8,10-11H2. The fourth-order valence-electron chi connectivity index (χ4n) is 2.95. The van der Waals surface area contributed by atoms with E-state index in [0.717, 1.165) is 18.9 Å². The predicted octanol–water partition coefficient (Wildman–Crippen LogP) is 1.46.